The van der Waals surface area contributed by atoms with Crippen LogP contribution < -0.4 is 5.73 Å². The Morgan fingerprint density at radius 3 is 2.67 bits per heavy atom. The molecular weight excluding hydrogens is 264 g/mol. The number of aromatic hydroxyl groups is 1. The fourth-order valence-electron chi connectivity index (χ4n) is 2.83. The second-order valence-corrected chi connectivity index (χ2v) is 5.50. The van der Waals surface area contributed by atoms with Gasteiger partial charge in [-0.3, -0.25) is 4.79 Å². The normalized spacial score (nSPS) is 13.9. The van der Waals surface area contributed by atoms with Gasteiger partial charge in [-0.25, -0.2) is 0 Å². The van der Waals surface area contributed by atoms with Crippen molar-refractivity contribution in [3.05, 3.63) is 58.7 Å². The molecule has 0 bridgehead atoms. The van der Waals surface area contributed by atoms with Crippen molar-refractivity contribution in [2.24, 2.45) is 0 Å². The molecule has 21 heavy (non-hydrogen) atoms. The van der Waals surface area contributed by atoms with Crippen molar-refractivity contribution < 1.29 is 9.90 Å². The van der Waals surface area contributed by atoms with Crippen LogP contribution in [0.2, 0.25) is 0 Å². The van der Waals surface area contributed by atoms with Gasteiger partial charge in [-0.15, -0.1) is 0 Å². The number of rotatable bonds is 1. The molecular formula is C17H18N2O2. The van der Waals surface area contributed by atoms with Crippen LogP contribution in [0.15, 0.2) is 36.4 Å². The lowest BCUT2D eigenvalue weighted by Gasteiger charge is -2.30. The van der Waals surface area contributed by atoms with Gasteiger partial charge in [0.05, 0.1) is 0 Å². The highest BCUT2D eigenvalue weighted by Crippen LogP contribution is 2.27. The van der Waals surface area contributed by atoms with Crippen molar-refractivity contribution in [2.75, 3.05) is 12.3 Å². The summed E-state index contributed by atoms with van der Waals surface area (Å²) in [7, 11) is 0. The molecule has 0 aliphatic carbocycles. The topological polar surface area (TPSA) is 66.6 Å². The number of carbonyl (C=O) groups excluding carboxylic acids is 1. The predicted molar refractivity (Wildman–Crippen MR) is 82.1 cm³/mol. The van der Waals surface area contributed by atoms with Gasteiger partial charge in [-0.2, -0.15) is 0 Å². The number of nitrogens with zero attached hydrogens (tertiary/aromatic N) is 1. The summed E-state index contributed by atoms with van der Waals surface area (Å²) in [5.41, 5.74) is 10.3. The quantitative estimate of drug-likeness (QED) is 0.790. The van der Waals surface area contributed by atoms with Crippen molar-refractivity contribution in [3.63, 3.8) is 0 Å². The van der Waals surface area contributed by atoms with Crippen molar-refractivity contribution in [2.45, 2.75) is 19.9 Å². The molecule has 0 unspecified atom stereocenters. The number of anilines is 1. The van der Waals surface area contributed by atoms with Gasteiger partial charge in [-0.05, 0) is 66.4 Å². The van der Waals surface area contributed by atoms with Crippen molar-refractivity contribution >= 4 is 11.6 Å². The molecule has 4 heteroatoms. The molecule has 1 aliphatic rings. The van der Waals surface area contributed by atoms with E-state index < -0.39 is 0 Å². The predicted octanol–water partition coefficient (Wildman–Crippen LogP) is 2.48. The van der Waals surface area contributed by atoms with Crippen LogP contribution in [-0.4, -0.2) is 22.5 Å². The minimum Gasteiger partial charge on any atom is -0.508 e. The summed E-state index contributed by atoms with van der Waals surface area (Å²) in [6, 6.07) is 10.6. The lowest BCUT2D eigenvalue weighted by atomic mass is 9.94. The molecule has 0 saturated heterocycles. The molecule has 0 spiro atoms. The lowest BCUT2D eigenvalue weighted by Crippen LogP contribution is -2.36. The van der Waals surface area contributed by atoms with Gasteiger partial charge < -0.3 is 15.7 Å². The minimum absolute atomic E-state index is 0.0214. The first-order valence-corrected chi connectivity index (χ1v) is 7.01. The number of nitrogens with two attached hydrogens (primary N) is 1. The Kier molecular flexibility index (Phi) is 3.29. The third-order valence-electron chi connectivity index (χ3n) is 4.00. The van der Waals surface area contributed by atoms with E-state index in [0.717, 1.165) is 23.1 Å². The van der Waals surface area contributed by atoms with Crippen LogP contribution in [0.5, 0.6) is 5.75 Å². The van der Waals surface area contributed by atoms with E-state index in [1.165, 1.54) is 0 Å². The highest BCUT2D eigenvalue weighted by Gasteiger charge is 2.23. The number of nitrogen functional groups attached to an aromatic ring is 1. The van der Waals surface area contributed by atoms with E-state index in [4.69, 9.17) is 5.73 Å². The van der Waals surface area contributed by atoms with Gasteiger partial charge in [0.15, 0.2) is 0 Å². The standard InChI is InChI=1S/C17H18N2O2/c1-11-8-15(20)9-13-6-7-19(10-16(11)13)17(21)12-2-4-14(18)5-3-12/h2-5,8-9,20H,6-7,10,18H2,1H3. The maximum Gasteiger partial charge on any atom is 0.254 e. The van der Waals surface area contributed by atoms with E-state index in [1.54, 1.807) is 36.4 Å². The zero-order chi connectivity index (χ0) is 15.0. The molecule has 4 nitrogen and oxygen atoms in total. The van der Waals surface area contributed by atoms with E-state index in [9.17, 15) is 9.90 Å². The van der Waals surface area contributed by atoms with Gasteiger partial charge in [0.1, 0.15) is 5.75 Å². The largest absolute Gasteiger partial charge is 0.508 e. The van der Waals surface area contributed by atoms with Crippen LogP contribution in [0.4, 0.5) is 5.69 Å². The summed E-state index contributed by atoms with van der Waals surface area (Å²) in [5.74, 6) is 0.317. The number of amides is 1. The fourth-order valence-corrected chi connectivity index (χ4v) is 2.83. The molecule has 108 valence electrons. The van der Waals surface area contributed by atoms with E-state index in [2.05, 4.69) is 0 Å². The first-order valence-electron chi connectivity index (χ1n) is 7.01. The molecule has 1 amide bonds. The zero-order valence-electron chi connectivity index (χ0n) is 12.0. The monoisotopic (exact) mass is 282 g/mol. The number of phenolic OH excluding ortho intramolecular Hbond substituents is 1. The summed E-state index contributed by atoms with van der Waals surface area (Å²) in [5, 5.41) is 9.66. The molecule has 0 radical (unpaired) electrons. The number of benzene rings is 2. The van der Waals surface area contributed by atoms with E-state index >= 15 is 0 Å². The van der Waals surface area contributed by atoms with Crippen LogP contribution in [0.25, 0.3) is 0 Å². The lowest BCUT2D eigenvalue weighted by molar-refractivity contribution is 0.0734. The van der Waals surface area contributed by atoms with Crippen molar-refractivity contribution in [3.8, 4) is 5.75 Å². The van der Waals surface area contributed by atoms with Crippen molar-refractivity contribution in [1.82, 2.24) is 4.90 Å². The fraction of sp³-hybridized carbons (Fsp3) is 0.235. The molecule has 0 atom stereocenters. The second kappa shape index (κ2) is 5.13. The van der Waals surface area contributed by atoms with Crippen LogP contribution >= 0.6 is 0 Å². The van der Waals surface area contributed by atoms with E-state index in [1.807, 2.05) is 11.8 Å². The third-order valence-corrected chi connectivity index (χ3v) is 4.00. The van der Waals surface area contributed by atoms with Gasteiger partial charge in [0.2, 0.25) is 0 Å². The number of carbonyl (C=O) groups is 1. The van der Waals surface area contributed by atoms with Crippen LogP contribution in [-0.2, 0) is 13.0 Å². The Morgan fingerprint density at radius 2 is 1.95 bits per heavy atom. The molecule has 1 heterocycles. The first kappa shape index (κ1) is 13.5. The molecule has 1 aliphatic heterocycles. The van der Waals surface area contributed by atoms with Crippen molar-refractivity contribution in [1.29, 1.82) is 0 Å². The van der Waals surface area contributed by atoms with Gasteiger partial charge >= 0.3 is 0 Å². The molecule has 2 aromatic rings. The number of fused-ring (bicyclic) bond motifs is 1. The SMILES string of the molecule is Cc1cc(O)cc2c1CN(C(=O)c1ccc(N)cc1)CC2. The Morgan fingerprint density at radius 1 is 1.24 bits per heavy atom. The van der Waals surface area contributed by atoms with E-state index in [0.29, 0.717) is 30.1 Å². The zero-order valence-corrected chi connectivity index (χ0v) is 12.0. The summed E-state index contributed by atoms with van der Waals surface area (Å²) < 4.78 is 0. The number of phenols is 1. The summed E-state index contributed by atoms with van der Waals surface area (Å²) >= 11 is 0. The van der Waals surface area contributed by atoms with Crippen LogP contribution in [0.3, 0.4) is 0 Å². The first-order chi connectivity index (χ1) is 10.0. The number of aryl methyl sites for hydroxylation is 1. The van der Waals surface area contributed by atoms with Gasteiger partial charge in [-0.1, -0.05) is 0 Å². The molecule has 0 saturated carbocycles. The average Bonchev–Trinajstić information content (AvgIpc) is 2.47. The summed E-state index contributed by atoms with van der Waals surface area (Å²) in [4.78, 5) is 14.4. The number of hydrogen-bond acceptors (Lipinski definition) is 3. The van der Waals surface area contributed by atoms with Crippen LogP contribution in [0.1, 0.15) is 27.0 Å². The summed E-state index contributed by atoms with van der Waals surface area (Å²) in [6.45, 7) is 3.22. The van der Waals surface area contributed by atoms with E-state index in [-0.39, 0.29) is 5.91 Å². The molecule has 3 rings (SSSR count). The summed E-state index contributed by atoms with van der Waals surface area (Å²) in [6.07, 6.45) is 0.769. The Labute approximate surface area is 123 Å². The Hall–Kier alpha value is -2.49. The van der Waals surface area contributed by atoms with Gasteiger partial charge in [0, 0.05) is 24.3 Å². The maximum atomic E-state index is 12.5. The average molecular weight is 282 g/mol. The maximum absolute atomic E-state index is 12.5. The highest BCUT2D eigenvalue weighted by molar-refractivity contribution is 5.94. The highest BCUT2D eigenvalue weighted by atomic mass is 16.3. The minimum atomic E-state index is 0.0214. The smallest absolute Gasteiger partial charge is 0.254 e. The Balaban J connectivity index is 1.86. The number of hydrogen-bond donors (Lipinski definition) is 2. The van der Waals surface area contributed by atoms with Crippen LogP contribution in [0, 0.1) is 6.92 Å². The molecule has 3 N–H and O–H groups in total. The van der Waals surface area contributed by atoms with Gasteiger partial charge in [0.25, 0.3) is 5.91 Å². The third kappa shape index (κ3) is 2.57. The molecule has 2 aromatic carbocycles. The Bertz CT molecular complexity index is 693. The second-order valence-electron chi connectivity index (χ2n) is 5.50. The molecule has 0 aromatic heterocycles. The molecule has 0 fully saturated rings.